The van der Waals surface area contributed by atoms with Crippen LogP contribution in [0, 0.1) is 0 Å². The normalized spacial score (nSPS) is 23.3. The van der Waals surface area contributed by atoms with Gasteiger partial charge < -0.3 is 4.74 Å². The van der Waals surface area contributed by atoms with Crippen LogP contribution in [0.1, 0.15) is 38.2 Å². The van der Waals surface area contributed by atoms with Crippen LogP contribution < -0.4 is 0 Å². The van der Waals surface area contributed by atoms with Crippen molar-refractivity contribution >= 4 is 16.4 Å². The van der Waals surface area contributed by atoms with Crippen LogP contribution in [0.2, 0.25) is 0 Å². The Morgan fingerprint density at radius 1 is 1.18 bits per heavy atom. The first-order chi connectivity index (χ1) is 10.5. The van der Waals surface area contributed by atoms with Crippen molar-refractivity contribution in [3.05, 3.63) is 35.9 Å². The number of rotatable bonds is 7. The van der Waals surface area contributed by atoms with Gasteiger partial charge in [-0.1, -0.05) is 56.5 Å². The highest BCUT2D eigenvalue weighted by atomic mass is 32.3. The molecular weight excluding hydrogens is 308 g/mol. The van der Waals surface area contributed by atoms with E-state index in [0.717, 1.165) is 24.8 Å². The number of ether oxygens (including phenoxy) is 1. The monoisotopic (exact) mass is 328 g/mol. The van der Waals surface area contributed by atoms with Gasteiger partial charge in [-0.05, 0) is 12.0 Å². The van der Waals surface area contributed by atoms with Crippen molar-refractivity contribution in [2.75, 3.05) is 0 Å². The molecule has 6 nitrogen and oxygen atoms in total. The van der Waals surface area contributed by atoms with E-state index in [4.69, 9.17) is 13.1 Å². The van der Waals surface area contributed by atoms with Crippen LogP contribution in [0.4, 0.5) is 0 Å². The molecule has 0 aromatic heterocycles. The molecule has 0 radical (unpaired) electrons. The second-order valence-electron chi connectivity index (χ2n) is 5.15. The van der Waals surface area contributed by atoms with Crippen molar-refractivity contribution in [2.45, 2.75) is 51.4 Å². The number of carbonyl (C=O) groups is 1. The molecule has 2 atom stereocenters. The highest BCUT2D eigenvalue weighted by molar-refractivity contribution is 7.82. The largest absolute Gasteiger partial charge is 0.459 e. The maximum atomic E-state index is 12.1. The molecule has 1 saturated heterocycles. The van der Waals surface area contributed by atoms with E-state index in [-0.39, 0.29) is 6.61 Å². The Morgan fingerprint density at radius 2 is 1.91 bits per heavy atom. The van der Waals surface area contributed by atoms with Gasteiger partial charge in [-0.2, -0.15) is 8.42 Å². The Hall–Kier alpha value is -1.44. The Balaban J connectivity index is 1.93. The maximum Gasteiger partial charge on any atom is 0.401 e. The lowest BCUT2D eigenvalue weighted by molar-refractivity contribution is -0.154. The zero-order chi connectivity index (χ0) is 16.0. The summed E-state index contributed by atoms with van der Waals surface area (Å²) < 4.78 is 37.5. The zero-order valence-electron chi connectivity index (χ0n) is 12.4. The van der Waals surface area contributed by atoms with Crippen LogP contribution in [0.3, 0.4) is 0 Å². The molecule has 0 unspecified atom stereocenters. The third-order valence-electron chi connectivity index (χ3n) is 3.35. The molecule has 0 saturated carbocycles. The number of hydrogen-bond acceptors (Lipinski definition) is 6. The fourth-order valence-electron chi connectivity index (χ4n) is 2.21. The molecule has 0 N–H and O–H groups in total. The molecule has 1 heterocycles. The van der Waals surface area contributed by atoms with Gasteiger partial charge in [0.05, 0.1) is 0 Å². The van der Waals surface area contributed by atoms with Crippen LogP contribution in [0.25, 0.3) is 0 Å². The average Bonchev–Trinajstić information content (AvgIpc) is 2.81. The van der Waals surface area contributed by atoms with Gasteiger partial charge in [0.25, 0.3) is 0 Å². The quantitative estimate of drug-likeness (QED) is 0.565. The summed E-state index contributed by atoms with van der Waals surface area (Å²) in [6.45, 7) is 2.11. The van der Waals surface area contributed by atoms with E-state index >= 15 is 0 Å². The van der Waals surface area contributed by atoms with Gasteiger partial charge in [0.2, 0.25) is 6.10 Å². The summed E-state index contributed by atoms with van der Waals surface area (Å²) in [6.07, 6.45) is 1.11. The van der Waals surface area contributed by atoms with Crippen LogP contribution in [-0.4, -0.2) is 26.6 Å². The first kappa shape index (κ1) is 16.9. The van der Waals surface area contributed by atoms with Crippen molar-refractivity contribution in [1.82, 2.24) is 0 Å². The van der Waals surface area contributed by atoms with E-state index < -0.39 is 28.6 Å². The minimum absolute atomic E-state index is 0.0707. The summed E-state index contributed by atoms with van der Waals surface area (Å²) in [5, 5.41) is 0. The van der Waals surface area contributed by atoms with Crippen molar-refractivity contribution in [3.63, 3.8) is 0 Å². The van der Waals surface area contributed by atoms with E-state index in [1.54, 1.807) is 0 Å². The summed E-state index contributed by atoms with van der Waals surface area (Å²) in [5.74, 6) is -0.716. The minimum atomic E-state index is -4.11. The summed E-state index contributed by atoms with van der Waals surface area (Å²) in [6, 6.07) is 9.14. The summed E-state index contributed by atoms with van der Waals surface area (Å²) in [7, 11) is -4.11. The molecule has 1 fully saturated rings. The van der Waals surface area contributed by atoms with E-state index in [9.17, 15) is 13.2 Å². The number of hydrogen-bond donors (Lipinski definition) is 0. The fraction of sp³-hybridized carbons (Fsp3) is 0.533. The van der Waals surface area contributed by atoms with E-state index in [2.05, 4.69) is 0 Å². The fourth-order valence-corrected chi connectivity index (χ4v) is 3.21. The summed E-state index contributed by atoms with van der Waals surface area (Å²) >= 11 is 0. The van der Waals surface area contributed by atoms with Crippen molar-refractivity contribution < 1.29 is 26.3 Å². The summed E-state index contributed by atoms with van der Waals surface area (Å²) in [5.41, 5.74) is 0.820. The Bertz CT molecular complexity index is 583. The molecule has 7 heteroatoms. The minimum Gasteiger partial charge on any atom is -0.459 e. The highest BCUT2D eigenvalue weighted by Gasteiger charge is 2.45. The molecule has 0 amide bonds. The molecule has 0 spiro atoms. The van der Waals surface area contributed by atoms with E-state index in [1.807, 2.05) is 37.3 Å². The van der Waals surface area contributed by atoms with E-state index in [0.29, 0.717) is 6.42 Å². The third kappa shape index (κ3) is 4.79. The van der Waals surface area contributed by atoms with Gasteiger partial charge in [-0.3, -0.25) is 0 Å². The number of esters is 1. The highest BCUT2D eigenvalue weighted by Crippen LogP contribution is 2.26. The first-order valence-corrected chi connectivity index (χ1v) is 8.67. The van der Waals surface area contributed by atoms with Gasteiger partial charge in [-0.15, -0.1) is 0 Å². The molecule has 122 valence electrons. The molecule has 2 rings (SSSR count). The Morgan fingerprint density at radius 3 is 2.59 bits per heavy atom. The Labute approximate surface area is 130 Å². The molecule has 1 aliphatic rings. The standard InChI is InChI=1S/C15H20O6S/c1-2-3-5-10-13-14(21-22(17,18)20-13)15(16)19-11-12-8-6-4-7-9-12/h4,6-9,13-14H,2-3,5,10-11H2,1H3/t13-,14+/m0/s1. The van der Waals surface area contributed by atoms with Crippen molar-refractivity contribution in [3.8, 4) is 0 Å². The van der Waals surface area contributed by atoms with Gasteiger partial charge >= 0.3 is 16.4 Å². The lowest BCUT2D eigenvalue weighted by Crippen LogP contribution is -2.33. The SMILES string of the molecule is CCCCC[C@@H]1OS(=O)(=O)O[C@H]1C(=O)OCc1ccccc1. The maximum absolute atomic E-state index is 12.1. The lowest BCUT2D eigenvalue weighted by atomic mass is 10.1. The van der Waals surface area contributed by atoms with E-state index in [1.165, 1.54) is 0 Å². The molecular formula is C15H20O6S. The van der Waals surface area contributed by atoms with Crippen LogP contribution in [0.15, 0.2) is 30.3 Å². The Kier molecular flexibility index (Phi) is 5.93. The molecule has 22 heavy (non-hydrogen) atoms. The molecule has 1 aromatic carbocycles. The molecule has 0 bridgehead atoms. The van der Waals surface area contributed by atoms with Crippen molar-refractivity contribution in [2.24, 2.45) is 0 Å². The van der Waals surface area contributed by atoms with Gasteiger partial charge in [0.1, 0.15) is 12.7 Å². The molecule has 0 aliphatic carbocycles. The van der Waals surface area contributed by atoms with Gasteiger partial charge in [-0.25, -0.2) is 13.2 Å². The van der Waals surface area contributed by atoms with Crippen LogP contribution in [-0.2, 0) is 34.9 Å². The van der Waals surface area contributed by atoms with Crippen molar-refractivity contribution in [1.29, 1.82) is 0 Å². The van der Waals surface area contributed by atoms with Crippen LogP contribution >= 0.6 is 0 Å². The van der Waals surface area contributed by atoms with Gasteiger partial charge in [0.15, 0.2) is 0 Å². The number of benzene rings is 1. The second-order valence-corrected chi connectivity index (χ2v) is 6.35. The smallest absolute Gasteiger partial charge is 0.401 e. The molecule has 1 aliphatic heterocycles. The number of unbranched alkanes of at least 4 members (excludes halogenated alkanes) is 2. The first-order valence-electron chi connectivity index (χ1n) is 7.34. The van der Waals surface area contributed by atoms with Gasteiger partial charge in [0, 0.05) is 0 Å². The topological polar surface area (TPSA) is 78.9 Å². The predicted octanol–water partition coefficient (Wildman–Crippen LogP) is 2.34. The average molecular weight is 328 g/mol. The van der Waals surface area contributed by atoms with Crippen LogP contribution in [0.5, 0.6) is 0 Å². The third-order valence-corrected chi connectivity index (χ3v) is 4.27. The second kappa shape index (κ2) is 7.71. The molecule has 1 aromatic rings. The zero-order valence-corrected chi connectivity index (χ0v) is 13.3. The lowest BCUT2D eigenvalue weighted by Gasteiger charge is -2.13. The number of carbonyl (C=O) groups excluding carboxylic acids is 1. The summed E-state index contributed by atoms with van der Waals surface area (Å²) in [4.78, 5) is 12.1. The predicted molar refractivity (Wildman–Crippen MR) is 79.0 cm³/mol.